The summed E-state index contributed by atoms with van der Waals surface area (Å²) in [5.74, 6) is 0.436. The zero-order chi connectivity index (χ0) is 19.9. The van der Waals surface area contributed by atoms with Gasteiger partial charge in [0.15, 0.2) is 15.1 Å². The van der Waals surface area contributed by atoms with Crippen LogP contribution in [0, 0.1) is 6.92 Å². The summed E-state index contributed by atoms with van der Waals surface area (Å²) in [5, 5.41) is 4.65. The Bertz CT molecular complexity index is 868. The number of hydrogen-bond donors (Lipinski definition) is 0. The first-order chi connectivity index (χ1) is 12.6. The molecular weight excluding hydrogens is 337 g/mol. The van der Waals surface area contributed by atoms with Crippen LogP contribution in [0.4, 0.5) is 4.79 Å². The maximum atomic E-state index is 12.4. The van der Waals surface area contributed by atoms with Gasteiger partial charge >= 0.3 is 6.09 Å². The van der Waals surface area contributed by atoms with Crippen molar-refractivity contribution in [3.63, 3.8) is 0 Å². The highest BCUT2D eigenvalue weighted by Gasteiger charge is 2.30. The Morgan fingerprint density at radius 2 is 1.89 bits per heavy atom. The summed E-state index contributed by atoms with van der Waals surface area (Å²) in [7, 11) is 5.00. The first-order valence-electron chi connectivity index (χ1n) is 9.95. The molecule has 6 nitrogen and oxygen atoms in total. The van der Waals surface area contributed by atoms with Crippen molar-refractivity contribution in [1.29, 1.82) is 0 Å². The van der Waals surface area contributed by atoms with Gasteiger partial charge < -0.3 is 9.64 Å². The van der Waals surface area contributed by atoms with Crippen molar-refractivity contribution in [3.8, 4) is 0 Å². The van der Waals surface area contributed by atoms with Gasteiger partial charge in [-0.3, -0.25) is 0 Å². The molecule has 1 aliphatic rings. The van der Waals surface area contributed by atoms with Gasteiger partial charge in [-0.2, -0.15) is 5.10 Å². The minimum absolute atomic E-state index is 0.202. The van der Waals surface area contributed by atoms with Crippen molar-refractivity contribution in [2.45, 2.75) is 58.9 Å². The lowest BCUT2D eigenvalue weighted by molar-refractivity contribution is 0.0205. The van der Waals surface area contributed by atoms with Crippen LogP contribution >= 0.6 is 0 Å². The van der Waals surface area contributed by atoms with Crippen molar-refractivity contribution in [1.82, 2.24) is 19.5 Å². The fourth-order valence-electron chi connectivity index (χ4n) is 4.11. The highest BCUT2D eigenvalue weighted by atomic mass is 16.6. The van der Waals surface area contributed by atoms with E-state index in [2.05, 4.69) is 31.7 Å². The highest BCUT2D eigenvalue weighted by Crippen LogP contribution is 2.29. The molecule has 0 atom stereocenters. The number of ether oxygens (including phenoxy) is 1. The Hall–Kier alpha value is -1.92. The molecule has 1 fully saturated rings. The zero-order valence-corrected chi connectivity index (χ0v) is 17.7. The Labute approximate surface area is 164 Å². The van der Waals surface area contributed by atoms with Crippen LogP contribution in [0.1, 0.15) is 50.7 Å². The van der Waals surface area contributed by atoms with Crippen LogP contribution in [0.25, 0.3) is 5.65 Å². The molecule has 0 bridgehead atoms. The number of carbonyl (C=O) groups is 1. The van der Waals surface area contributed by atoms with Crippen molar-refractivity contribution in [2.24, 2.45) is 0 Å². The number of amides is 1. The zero-order valence-electron chi connectivity index (χ0n) is 17.7. The van der Waals surface area contributed by atoms with Crippen molar-refractivity contribution < 1.29 is 9.53 Å². The Morgan fingerprint density at radius 3 is 2.44 bits per heavy atom. The van der Waals surface area contributed by atoms with Gasteiger partial charge in [-0.05, 0) is 63.0 Å². The van der Waals surface area contributed by atoms with E-state index in [1.165, 1.54) is 22.2 Å². The molecule has 1 aliphatic heterocycles. The molecule has 1 saturated heterocycles. The monoisotopic (exact) mass is 366 g/mol. The molecule has 27 heavy (non-hydrogen) atoms. The minimum Gasteiger partial charge on any atom is -0.444 e. The molecule has 0 aliphatic carbocycles. The summed E-state index contributed by atoms with van der Waals surface area (Å²) in [5.41, 5.74) is 6.51. The summed E-state index contributed by atoms with van der Waals surface area (Å²) >= 11 is 0. The van der Waals surface area contributed by atoms with Gasteiger partial charge in [0.25, 0.3) is 0 Å². The van der Waals surface area contributed by atoms with E-state index < -0.39 is 5.60 Å². The third-order valence-electron chi connectivity index (χ3n) is 5.47. The van der Waals surface area contributed by atoms with E-state index in [9.17, 15) is 4.79 Å². The van der Waals surface area contributed by atoms with E-state index in [4.69, 9.17) is 4.74 Å². The van der Waals surface area contributed by atoms with Gasteiger partial charge in [-0.25, -0.2) is 14.3 Å². The number of likely N-dealkylation sites (tertiary alicyclic amines) is 1. The lowest BCUT2D eigenvalue weighted by Gasteiger charge is -2.35. The number of carbonyl (C=O) groups excluding carboxylic acids is 1. The van der Waals surface area contributed by atoms with Gasteiger partial charge in [-0.15, -0.1) is 0 Å². The van der Waals surface area contributed by atoms with Crippen LogP contribution in [0.2, 0.25) is 6.82 Å². The molecular formula is C18H29B3N4O2. The van der Waals surface area contributed by atoms with E-state index in [1.54, 1.807) is 0 Å². The molecule has 3 rings (SSSR count). The average molecular weight is 366 g/mol. The molecule has 0 aromatic carbocycles. The molecule has 0 N–H and O–H groups in total. The fourth-order valence-corrected chi connectivity index (χ4v) is 4.11. The molecule has 2 aromatic rings. The van der Waals surface area contributed by atoms with E-state index in [0.717, 1.165) is 44.6 Å². The van der Waals surface area contributed by atoms with Gasteiger partial charge in [0, 0.05) is 18.7 Å². The molecule has 142 valence electrons. The molecule has 0 spiro atoms. The second kappa shape index (κ2) is 7.25. The molecule has 2 aromatic heterocycles. The predicted molar refractivity (Wildman–Crippen MR) is 117 cm³/mol. The maximum Gasteiger partial charge on any atom is 0.410 e. The highest BCUT2D eigenvalue weighted by molar-refractivity contribution is 6.52. The SMILES string of the molecule is Bc1nc2c(B)c(C)c(C3CCN(C(=O)OC(C)(C)C)CC3)c(BC)n2n1. The number of aromatic nitrogens is 3. The Kier molecular flexibility index (Phi) is 5.32. The van der Waals surface area contributed by atoms with Gasteiger partial charge in [0.2, 0.25) is 0 Å². The van der Waals surface area contributed by atoms with Crippen LogP contribution in [0.5, 0.6) is 0 Å². The van der Waals surface area contributed by atoms with Crippen LogP contribution < -0.4 is 16.8 Å². The Balaban J connectivity index is 1.87. The van der Waals surface area contributed by atoms with Gasteiger partial charge in [0.1, 0.15) is 24.8 Å². The Morgan fingerprint density at radius 1 is 1.26 bits per heavy atom. The first-order valence-corrected chi connectivity index (χ1v) is 9.95. The smallest absolute Gasteiger partial charge is 0.410 e. The van der Waals surface area contributed by atoms with Gasteiger partial charge in [0.05, 0.1) is 0 Å². The lowest BCUT2D eigenvalue weighted by Crippen LogP contribution is -2.43. The molecule has 9 heteroatoms. The minimum atomic E-state index is -0.451. The molecule has 0 radical (unpaired) electrons. The molecule has 0 saturated carbocycles. The summed E-state index contributed by atoms with van der Waals surface area (Å²) < 4.78 is 7.57. The third-order valence-corrected chi connectivity index (χ3v) is 5.47. The van der Waals surface area contributed by atoms with Crippen LogP contribution in [-0.4, -0.2) is 67.3 Å². The fraction of sp³-hybridized carbons (Fsp3) is 0.611. The predicted octanol–water partition coefficient (Wildman–Crippen LogP) is -1.22. The summed E-state index contributed by atoms with van der Waals surface area (Å²) in [6.45, 7) is 11.6. The van der Waals surface area contributed by atoms with Crippen molar-refractivity contribution >= 4 is 51.5 Å². The second-order valence-electron chi connectivity index (χ2n) is 8.60. The van der Waals surface area contributed by atoms with E-state index in [0.29, 0.717) is 5.92 Å². The molecule has 1 amide bonds. The molecule has 3 heterocycles. The van der Waals surface area contributed by atoms with Crippen molar-refractivity contribution in [2.75, 3.05) is 13.1 Å². The third kappa shape index (κ3) is 3.87. The van der Waals surface area contributed by atoms with Gasteiger partial charge in [-0.1, -0.05) is 6.82 Å². The summed E-state index contributed by atoms with van der Waals surface area (Å²) in [6, 6.07) is 0. The number of nitrogens with zero attached hydrogens (tertiary/aromatic N) is 4. The van der Waals surface area contributed by atoms with E-state index >= 15 is 0 Å². The second-order valence-corrected chi connectivity index (χ2v) is 8.60. The van der Waals surface area contributed by atoms with Crippen LogP contribution in [-0.2, 0) is 4.74 Å². The summed E-state index contributed by atoms with van der Waals surface area (Å²) in [6.07, 6.45) is 1.70. The number of rotatable bonds is 2. The summed E-state index contributed by atoms with van der Waals surface area (Å²) in [4.78, 5) is 18.8. The maximum absolute atomic E-state index is 12.4. The van der Waals surface area contributed by atoms with E-state index in [-0.39, 0.29) is 6.09 Å². The molecule has 0 unspecified atom stereocenters. The number of pyridine rings is 1. The lowest BCUT2D eigenvalue weighted by atomic mass is 9.68. The van der Waals surface area contributed by atoms with Crippen LogP contribution in [0.3, 0.4) is 0 Å². The van der Waals surface area contributed by atoms with Crippen LogP contribution in [0.15, 0.2) is 0 Å². The number of piperidine rings is 1. The quantitative estimate of drug-likeness (QED) is 0.626. The topological polar surface area (TPSA) is 59.7 Å². The average Bonchev–Trinajstić information content (AvgIpc) is 2.98. The standard InChI is InChI=1S/C18H29B3N4O2/c1-10-12(14(21-5)25-15(13(10)19)22-16(20)23-25)11-6-8-24(9-7-11)17(26)27-18(2,3)4/h11,21H,6-9,19-20H2,1-5H3. The number of fused-ring (bicyclic) bond motifs is 1. The normalized spacial score (nSPS) is 16.0. The first kappa shape index (κ1) is 19.8. The largest absolute Gasteiger partial charge is 0.444 e. The number of hydrogen-bond acceptors (Lipinski definition) is 4. The van der Waals surface area contributed by atoms with Crippen molar-refractivity contribution in [3.05, 3.63) is 11.1 Å². The van der Waals surface area contributed by atoms with E-state index in [1.807, 2.05) is 38.0 Å².